The number of carbonyl (C=O) groups excluding carboxylic acids is 2. The van der Waals surface area contributed by atoms with E-state index in [0.29, 0.717) is 6.61 Å². The highest BCUT2D eigenvalue weighted by molar-refractivity contribution is 5.87. The van der Waals surface area contributed by atoms with Crippen LogP contribution in [0.4, 0.5) is 0 Å². The van der Waals surface area contributed by atoms with Crippen molar-refractivity contribution in [3.63, 3.8) is 0 Å². The molecule has 1 aromatic carbocycles. The van der Waals surface area contributed by atoms with E-state index in [9.17, 15) is 9.59 Å². The molecule has 3 atom stereocenters. The fourth-order valence-corrected chi connectivity index (χ4v) is 3.14. The van der Waals surface area contributed by atoms with Gasteiger partial charge in [0.2, 0.25) is 11.8 Å². The first-order valence-electron chi connectivity index (χ1n) is 6.98. The van der Waals surface area contributed by atoms with Crippen molar-refractivity contribution < 1.29 is 14.3 Å². The van der Waals surface area contributed by atoms with E-state index in [4.69, 9.17) is 10.5 Å². The Bertz CT molecular complexity index is 544. The average Bonchev–Trinajstić information content (AvgIpc) is 3.04. The second kappa shape index (κ2) is 5.15. The number of nitrogens with one attached hydrogen (secondary N) is 1. The van der Waals surface area contributed by atoms with Gasteiger partial charge in [-0.15, -0.1) is 0 Å². The number of primary amides is 1. The molecule has 1 aliphatic carbocycles. The predicted octanol–water partition coefficient (Wildman–Crippen LogP) is 0.933. The molecule has 20 heavy (non-hydrogen) atoms. The number of benzene rings is 1. The summed E-state index contributed by atoms with van der Waals surface area (Å²) in [6.45, 7) is 0.360. The quantitative estimate of drug-likeness (QED) is 0.860. The lowest BCUT2D eigenvalue weighted by Gasteiger charge is -2.20. The molecule has 1 aromatic rings. The van der Waals surface area contributed by atoms with Crippen molar-refractivity contribution in [3.8, 4) is 5.75 Å². The molecule has 1 aliphatic heterocycles. The largest absolute Gasteiger partial charge is 0.492 e. The normalized spacial score (nSPS) is 27.7. The van der Waals surface area contributed by atoms with E-state index >= 15 is 0 Å². The average molecular weight is 274 g/mol. The molecule has 0 saturated heterocycles. The Hall–Kier alpha value is -2.04. The number of hydrogen-bond donors (Lipinski definition) is 2. The van der Waals surface area contributed by atoms with Crippen LogP contribution in [-0.2, 0) is 9.59 Å². The highest BCUT2D eigenvalue weighted by Crippen LogP contribution is 2.34. The van der Waals surface area contributed by atoms with Gasteiger partial charge in [-0.2, -0.15) is 0 Å². The molecule has 106 valence electrons. The molecule has 2 aliphatic rings. The van der Waals surface area contributed by atoms with Gasteiger partial charge in [0.05, 0.1) is 5.92 Å². The number of rotatable bonds is 3. The van der Waals surface area contributed by atoms with E-state index < -0.39 is 0 Å². The first-order valence-corrected chi connectivity index (χ1v) is 6.98. The number of hydrogen-bond acceptors (Lipinski definition) is 3. The standard InChI is InChI=1S/C15H18N2O3/c16-14(18)10-5-3-6-12(10)17-15(19)11-8-20-13-7-2-1-4-9(11)13/h1-2,4,7,10-12H,3,5-6,8H2,(H2,16,18)(H,17,19). The minimum atomic E-state index is -0.323. The van der Waals surface area contributed by atoms with Crippen LogP contribution in [-0.4, -0.2) is 24.5 Å². The molecule has 5 heteroatoms. The highest BCUT2D eigenvalue weighted by Gasteiger charge is 2.36. The molecule has 0 aromatic heterocycles. The van der Waals surface area contributed by atoms with Crippen molar-refractivity contribution >= 4 is 11.8 Å². The Balaban J connectivity index is 1.70. The lowest BCUT2D eigenvalue weighted by atomic mass is 9.98. The summed E-state index contributed by atoms with van der Waals surface area (Å²) >= 11 is 0. The summed E-state index contributed by atoms with van der Waals surface area (Å²) in [6, 6.07) is 7.43. The van der Waals surface area contributed by atoms with Crippen LogP contribution >= 0.6 is 0 Å². The number of carbonyl (C=O) groups is 2. The van der Waals surface area contributed by atoms with Crippen molar-refractivity contribution in [2.45, 2.75) is 31.2 Å². The van der Waals surface area contributed by atoms with Crippen LogP contribution in [0.15, 0.2) is 24.3 Å². The maximum atomic E-state index is 12.4. The topological polar surface area (TPSA) is 81.4 Å². The molecule has 3 unspecified atom stereocenters. The van der Waals surface area contributed by atoms with E-state index in [1.165, 1.54) is 0 Å². The monoisotopic (exact) mass is 274 g/mol. The lowest BCUT2D eigenvalue weighted by Crippen LogP contribution is -2.44. The Labute approximate surface area is 117 Å². The molecule has 0 bridgehead atoms. The van der Waals surface area contributed by atoms with Crippen LogP contribution in [0.2, 0.25) is 0 Å². The number of para-hydroxylation sites is 1. The summed E-state index contributed by atoms with van der Waals surface area (Å²) in [4.78, 5) is 23.7. The third-order valence-electron chi connectivity index (χ3n) is 4.23. The van der Waals surface area contributed by atoms with Crippen molar-refractivity contribution in [2.24, 2.45) is 11.7 Å². The first kappa shape index (κ1) is 13.0. The highest BCUT2D eigenvalue weighted by atomic mass is 16.5. The molecule has 0 radical (unpaired) electrons. The van der Waals surface area contributed by atoms with E-state index in [0.717, 1.165) is 30.6 Å². The Morgan fingerprint density at radius 2 is 2.05 bits per heavy atom. The van der Waals surface area contributed by atoms with Gasteiger partial charge in [0, 0.05) is 11.6 Å². The van der Waals surface area contributed by atoms with Gasteiger partial charge in [0.25, 0.3) is 0 Å². The molecule has 2 amide bonds. The Morgan fingerprint density at radius 1 is 1.25 bits per heavy atom. The van der Waals surface area contributed by atoms with Crippen LogP contribution < -0.4 is 15.8 Å². The van der Waals surface area contributed by atoms with Crippen LogP contribution in [0, 0.1) is 5.92 Å². The van der Waals surface area contributed by atoms with Gasteiger partial charge < -0.3 is 15.8 Å². The maximum Gasteiger partial charge on any atom is 0.231 e. The van der Waals surface area contributed by atoms with Gasteiger partial charge >= 0.3 is 0 Å². The minimum absolute atomic E-state index is 0.0758. The van der Waals surface area contributed by atoms with Gasteiger partial charge in [-0.25, -0.2) is 0 Å². The molecular formula is C15H18N2O3. The smallest absolute Gasteiger partial charge is 0.231 e. The first-order chi connectivity index (χ1) is 9.66. The molecule has 3 N–H and O–H groups in total. The molecule has 5 nitrogen and oxygen atoms in total. The van der Waals surface area contributed by atoms with E-state index in [1.807, 2.05) is 24.3 Å². The lowest BCUT2D eigenvalue weighted by molar-refractivity contribution is -0.125. The maximum absolute atomic E-state index is 12.4. The van der Waals surface area contributed by atoms with E-state index in [-0.39, 0.29) is 29.7 Å². The molecule has 1 saturated carbocycles. The van der Waals surface area contributed by atoms with E-state index in [2.05, 4.69) is 5.32 Å². The van der Waals surface area contributed by atoms with Crippen LogP contribution in [0.1, 0.15) is 30.7 Å². The number of fused-ring (bicyclic) bond motifs is 1. The third kappa shape index (κ3) is 2.24. The van der Waals surface area contributed by atoms with Crippen molar-refractivity contribution in [2.75, 3.05) is 6.61 Å². The van der Waals surface area contributed by atoms with Gasteiger partial charge in [-0.1, -0.05) is 24.6 Å². The molecular weight excluding hydrogens is 256 g/mol. The molecule has 1 fully saturated rings. The van der Waals surface area contributed by atoms with Crippen LogP contribution in [0.25, 0.3) is 0 Å². The predicted molar refractivity (Wildman–Crippen MR) is 73.1 cm³/mol. The van der Waals surface area contributed by atoms with Gasteiger partial charge in [-0.05, 0) is 18.9 Å². The van der Waals surface area contributed by atoms with Gasteiger partial charge in [0.15, 0.2) is 0 Å². The fourth-order valence-electron chi connectivity index (χ4n) is 3.14. The zero-order valence-corrected chi connectivity index (χ0v) is 11.2. The van der Waals surface area contributed by atoms with Crippen molar-refractivity contribution in [1.29, 1.82) is 0 Å². The summed E-state index contributed by atoms with van der Waals surface area (Å²) < 4.78 is 5.52. The van der Waals surface area contributed by atoms with Crippen LogP contribution in [0.5, 0.6) is 5.75 Å². The number of ether oxygens (including phenoxy) is 1. The second-order valence-electron chi connectivity index (χ2n) is 5.46. The fraction of sp³-hybridized carbons (Fsp3) is 0.467. The molecule has 3 rings (SSSR count). The minimum Gasteiger partial charge on any atom is -0.492 e. The van der Waals surface area contributed by atoms with Gasteiger partial charge in [-0.3, -0.25) is 9.59 Å². The Morgan fingerprint density at radius 3 is 2.85 bits per heavy atom. The summed E-state index contributed by atoms with van der Waals surface area (Å²) in [6.07, 6.45) is 2.50. The number of nitrogens with two attached hydrogens (primary N) is 1. The van der Waals surface area contributed by atoms with Crippen molar-refractivity contribution in [1.82, 2.24) is 5.32 Å². The third-order valence-corrected chi connectivity index (χ3v) is 4.23. The van der Waals surface area contributed by atoms with Crippen molar-refractivity contribution in [3.05, 3.63) is 29.8 Å². The molecule has 0 spiro atoms. The summed E-state index contributed by atoms with van der Waals surface area (Å²) in [7, 11) is 0. The SMILES string of the molecule is NC(=O)C1CCCC1NC(=O)C1COc2ccccc21. The second-order valence-corrected chi connectivity index (χ2v) is 5.46. The summed E-state index contributed by atoms with van der Waals surface area (Å²) in [5, 5.41) is 2.97. The summed E-state index contributed by atoms with van der Waals surface area (Å²) in [5.41, 5.74) is 6.29. The number of amides is 2. The van der Waals surface area contributed by atoms with Crippen LogP contribution in [0.3, 0.4) is 0 Å². The summed E-state index contributed by atoms with van der Waals surface area (Å²) in [5.74, 6) is -0.161. The Kier molecular flexibility index (Phi) is 3.34. The van der Waals surface area contributed by atoms with E-state index in [1.54, 1.807) is 0 Å². The zero-order chi connectivity index (χ0) is 14.1. The zero-order valence-electron chi connectivity index (χ0n) is 11.2. The van der Waals surface area contributed by atoms with Gasteiger partial charge in [0.1, 0.15) is 18.3 Å². The molecule has 1 heterocycles.